The summed E-state index contributed by atoms with van der Waals surface area (Å²) in [6.07, 6.45) is 1.73. The first-order valence-electron chi connectivity index (χ1n) is 5.28. The molecular weight excluding hydrogens is 285 g/mol. The Balaban J connectivity index is 2.25. The smallest absolute Gasteiger partial charge is 0.147 e. The fourth-order valence-corrected chi connectivity index (χ4v) is 2.19. The van der Waals surface area contributed by atoms with Crippen molar-refractivity contribution in [3.8, 4) is 0 Å². The van der Waals surface area contributed by atoms with Crippen molar-refractivity contribution in [2.75, 3.05) is 5.32 Å². The van der Waals surface area contributed by atoms with Crippen LogP contribution in [0.25, 0.3) is 0 Å². The molecule has 1 N–H and O–H groups in total. The highest BCUT2D eigenvalue weighted by Gasteiger charge is 2.13. The van der Waals surface area contributed by atoms with Crippen LogP contribution in [0.1, 0.15) is 18.7 Å². The molecule has 0 amide bonds. The maximum atomic E-state index is 13.6. The molecule has 0 bridgehead atoms. The van der Waals surface area contributed by atoms with Gasteiger partial charge in [-0.05, 0) is 41.1 Å². The molecule has 90 valence electrons. The predicted octanol–water partition coefficient (Wildman–Crippen LogP) is 3.49. The van der Waals surface area contributed by atoms with Gasteiger partial charge in [-0.15, -0.1) is 0 Å². The largest absolute Gasteiger partial charge is 0.374 e. The molecule has 0 aliphatic carbocycles. The van der Waals surface area contributed by atoms with E-state index < -0.39 is 0 Å². The zero-order valence-electron chi connectivity index (χ0n) is 9.61. The molecule has 2 aromatic rings. The molecule has 17 heavy (non-hydrogen) atoms. The number of aromatic nitrogens is 2. The zero-order valence-corrected chi connectivity index (χ0v) is 11.2. The van der Waals surface area contributed by atoms with Gasteiger partial charge in [0, 0.05) is 17.7 Å². The van der Waals surface area contributed by atoms with Crippen LogP contribution < -0.4 is 5.32 Å². The molecule has 5 heteroatoms. The van der Waals surface area contributed by atoms with Gasteiger partial charge in [-0.2, -0.15) is 5.10 Å². The number of halogens is 2. The lowest BCUT2D eigenvalue weighted by atomic mass is 10.2. The average Bonchev–Trinajstić information content (AvgIpc) is 2.70. The molecule has 2 rings (SSSR count). The Labute approximate surface area is 108 Å². The second-order valence-corrected chi connectivity index (χ2v) is 4.70. The van der Waals surface area contributed by atoms with E-state index in [9.17, 15) is 4.39 Å². The van der Waals surface area contributed by atoms with E-state index in [-0.39, 0.29) is 11.9 Å². The van der Waals surface area contributed by atoms with Crippen molar-refractivity contribution in [3.63, 3.8) is 0 Å². The molecule has 0 aliphatic heterocycles. The fourth-order valence-electron chi connectivity index (χ4n) is 1.73. The first-order valence-corrected chi connectivity index (χ1v) is 6.07. The number of aryl methyl sites for hydroxylation is 1. The maximum Gasteiger partial charge on any atom is 0.147 e. The summed E-state index contributed by atoms with van der Waals surface area (Å²) in [6, 6.07) is 6.80. The predicted molar refractivity (Wildman–Crippen MR) is 69.3 cm³/mol. The second kappa shape index (κ2) is 4.87. The molecule has 1 aromatic heterocycles. The Morgan fingerprint density at radius 3 is 2.76 bits per heavy atom. The van der Waals surface area contributed by atoms with E-state index in [4.69, 9.17) is 0 Å². The van der Waals surface area contributed by atoms with Crippen LogP contribution in [0.2, 0.25) is 0 Å². The molecule has 0 radical (unpaired) electrons. The van der Waals surface area contributed by atoms with E-state index in [0.717, 1.165) is 5.69 Å². The Morgan fingerprint density at radius 2 is 2.18 bits per heavy atom. The topological polar surface area (TPSA) is 29.9 Å². The van der Waals surface area contributed by atoms with Crippen LogP contribution in [-0.2, 0) is 7.05 Å². The van der Waals surface area contributed by atoms with Gasteiger partial charge < -0.3 is 5.32 Å². The highest BCUT2D eigenvalue weighted by atomic mass is 79.9. The number of nitrogens with zero attached hydrogens (tertiary/aromatic N) is 2. The Morgan fingerprint density at radius 1 is 1.41 bits per heavy atom. The van der Waals surface area contributed by atoms with E-state index >= 15 is 0 Å². The van der Waals surface area contributed by atoms with Crippen molar-refractivity contribution in [1.82, 2.24) is 9.78 Å². The third-order valence-corrected chi connectivity index (χ3v) is 3.29. The number of para-hydroxylation sites is 1. The SMILES string of the molecule is CC(Nc1c(F)cccc1Br)c1ccnn1C. The minimum atomic E-state index is -0.270. The molecule has 3 nitrogen and oxygen atoms in total. The van der Waals surface area contributed by atoms with Crippen LogP contribution in [0, 0.1) is 5.82 Å². The van der Waals surface area contributed by atoms with Crippen molar-refractivity contribution in [1.29, 1.82) is 0 Å². The van der Waals surface area contributed by atoms with Gasteiger partial charge in [-0.25, -0.2) is 4.39 Å². The van der Waals surface area contributed by atoms with Gasteiger partial charge in [0.2, 0.25) is 0 Å². The zero-order chi connectivity index (χ0) is 12.4. The van der Waals surface area contributed by atoms with Crippen LogP contribution in [0.15, 0.2) is 34.9 Å². The van der Waals surface area contributed by atoms with Crippen molar-refractivity contribution in [2.24, 2.45) is 7.05 Å². The Kier molecular flexibility index (Phi) is 3.47. The highest BCUT2D eigenvalue weighted by molar-refractivity contribution is 9.10. The van der Waals surface area contributed by atoms with E-state index in [0.29, 0.717) is 10.2 Å². The number of nitrogens with one attached hydrogen (secondary N) is 1. The molecule has 0 saturated carbocycles. The van der Waals surface area contributed by atoms with Crippen molar-refractivity contribution in [3.05, 3.63) is 46.4 Å². The van der Waals surface area contributed by atoms with Crippen LogP contribution >= 0.6 is 15.9 Å². The third-order valence-electron chi connectivity index (χ3n) is 2.63. The summed E-state index contributed by atoms with van der Waals surface area (Å²) < 4.78 is 16.1. The molecule has 0 saturated heterocycles. The van der Waals surface area contributed by atoms with E-state index in [2.05, 4.69) is 26.3 Å². The molecule has 0 fully saturated rings. The summed E-state index contributed by atoms with van der Waals surface area (Å²) in [7, 11) is 1.86. The maximum absolute atomic E-state index is 13.6. The van der Waals surface area contributed by atoms with Crippen molar-refractivity contribution >= 4 is 21.6 Å². The third kappa shape index (κ3) is 2.49. The summed E-state index contributed by atoms with van der Waals surface area (Å²) in [4.78, 5) is 0. The van der Waals surface area contributed by atoms with Gasteiger partial charge in [-0.3, -0.25) is 4.68 Å². The molecule has 0 spiro atoms. The average molecular weight is 298 g/mol. The molecular formula is C12H13BrFN3. The number of anilines is 1. The molecule has 0 aliphatic rings. The molecule has 1 aromatic carbocycles. The lowest BCUT2D eigenvalue weighted by Crippen LogP contribution is -2.12. The summed E-state index contributed by atoms with van der Waals surface area (Å²) in [6.45, 7) is 1.97. The second-order valence-electron chi connectivity index (χ2n) is 3.84. The van der Waals surface area contributed by atoms with Crippen LogP contribution in [0.3, 0.4) is 0 Å². The molecule has 1 atom stereocenters. The van der Waals surface area contributed by atoms with E-state index in [1.807, 2.05) is 20.0 Å². The van der Waals surface area contributed by atoms with Crippen molar-refractivity contribution < 1.29 is 4.39 Å². The number of rotatable bonds is 3. The van der Waals surface area contributed by atoms with E-state index in [1.165, 1.54) is 6.07 Å². The van der Waals surface area contributed by atoms with Crippen molar-refractivity contribution in [2.45, 2.75) is 13.0 Å². The highest BCUT2D eigenvalue weighted by Crippen LogP contribution is 2.28. The van der Waals surface area contributed by atoms with Gasteiger partial charge >= 0.3 is 0 Å². The number of hydrogen-bond donors (Lipinski definition) is 1. The minimum Gasteiger partial charge on any atom is -0.374 e. The Bertz CT molecular complexity index is 504. The first kappa shape index (κ1) is 12.1. The van der Waals surface area contributed by atoms with E-state index in [1.54, 1.807) is 23.0 Å². The lowest BCUT2D eigenvalue weighted by molar-refractivity contribution is 0.621. The van der Waals surface area contributed by atoms with Crippen LogP contribution in [0.5, 0.6) is 0 Å². The number of benzene rings is 1. The normalized spacial score (nSPS) is 12.5. The van der Waals surface area contributed by atoms with Crippen LogP contribution in [0.4, 0.5) is 10.1 Å². The first-order chi connectivity index (χ1) is 8.09. The number of hydrogen-bond acceptors (Lipinski definition) is 2. The standard InChI is InChI=1S/C12H13BrFN3/c1-8(11-6-7-15-17(11)2)16-12-9(13)4-3-5-10(12)14/h3-8,16H,1-2H3. The van der Waals surface area contributed by atoms with Gasteiger partial charge in [0.15, 0.2) is 0 Å². The summed E-state index contributed by atoms with van der Waals surface area (Å²) >= 11 is 3.33. The van der Waals surface area contributed by atoms with Gasteiger partial charge in [-0.1, -0.05) is 6.07 Å². The Hall–Kier alpha value is -1.36. The quantitative estimate of drug-likeness (QED) is 0.940. The van der Waals surface area contributed by atoms with Gasteiger partial charge in [0.05, 0.1) is 17.4 Å². The molecule has 1 unspecified atom stereocenters. The fraction of sp³-hybridized carbons (Fsp3) is 0.250. The minimum absolute atomic E-state index is 0.0179. The van der Waals surface area contributed by atoms with Gasteiger partial charge in [0.1, 0.15) is 5.82 Å². The van der Waals surface area contributed by atoms with Crippen LogP contribution in [-0.4, -0.2) is 9.78 Å². The lowest BCUT2D eigenvalue weighted by Gasteiger charge is -2.17. The summed E-state index contributed by atoms with van der Waals surface area (Å²) in [5, 5.41) is 7.23. The molecule has 1 heterocycles. The summed E-state index contributed by atoms with van der Waals surface area (Å²) in [5.41, 5.74) is 1.47. The summed E-state index contributed by atoms with van der Waals surface area (Å²) in [5.74, 6) is -0.270. The monoisotopic (exact) mass is 297 g/mol. The van der Waals surface area contributed by atoms with Gasteiger partial charge in [0.25, 0.3) is 0 Å².